The zero-order valence-electron chi connectivity index (χ0n) is 11.4. The Morgan fingerprint density at radius 3 is 2.26 bits per heavy atom. The molecule has 0 aromatic heterocycles. The molecule has 0 N–H and O–H groups in total. The van der Waals surface area contributed by atoms with E-state index in [9.17, 15) is 4.39 Å². The van der Waals surface area contributed by atoms with Crippen LogP contribution in [0.15, 0.2) is 18.2 Å². The van der Waals surface area contributed by atoms with E-state index in [0.29, 0.717) is 5.46 Å². The number of nitriles is 1. The van der Waals surface area contributed by atoms with Crippen molar-refractivity contribution in [3.8, 4) is 12.0 Å². The summed E-state index contributed by atoms with van der Waals surface area (Å²) in [6.07, 6.45) is 1.44. The van der Waals surface area contributed by atoms with Crippen molar-refractivity contribution in [2.75, 3.05) is 0 Å². The maximum atomic E-state index is 13.7. The molecule has 19 heavy (non-hydrogen) atoms. The summed E-state index contributed by atoms with van der Waals surface area (Å²) in [5.74, 6) is -0.725. The van der Waals surface area contributed by atoms with Crippen LogP contribution in [0.25, 0.3) is 0 Å². The predicted octanol–water partition coefficient (Wildman–Crippen LogP) is 1.98. The summed E-state index contributed by atoms with van der Waals surface area (Å²) in [6, 6.07) is 4.27. The Morgan fingerprint density at radius 1 is 1.21 bits per heavy atom. The Balaban J connectivity index is 2.26. The highest BCUT2D eigenvalue weighted by atomic mass is 19.1. The average molecular weight is 263 g/mol. The average Bonchev–Trinajstić information content (AvgIpc) is 2.51. The molecule has 1 aliphatic heterocycles. The van der Waals surface area contributed by atoms with Crippen LogP contribution in [0.5, 0.6) is 5.75 Å². The molecule has 6 heteroatoms. The minimum atomic E-state index is -0.629. The Hall–Kier alpha value is -1.58. The summed E-state index contributed by atoms with van der Waals surface area (Å²) < 4.78 is 29.8. The highest BCUT2D eigenvalue weighted by Crippen LogP contribution is 2.36. The highest BCUT2D eigenvalue weighted by Gasteiger charge is 2.51. The van der Waals surface area contributed by atoms with Gasteiger partial charge in [-0.15, -0.1) is 5.26 Å². The number of halogens is 1. The van der Waals surface area contributed by atoms with Gasteiger partial charge >= 0.3 is 7.12 Å². The third-order valence-corrected chi connectivity index (χ3v) is 3.64. The lowest BCUT2D eigenvalue weighted by molar-refractivity contribution is 0.00578. The fourth-order valence-electron chi connectivity index (χ4n) is 1.77. The van der Waals surface area contributed by atoms with E-state index in [-0.39, 0.29) is 5.75 Å². The number of benzene rings is 1. The van der Waals surface area contributed by atoms with E-state index in [2.05, 4.69) is 4.74 Å². The molecule has 0 aliphatic carbocycles. The van der Waals surface area contributed by atoms with E-state index in [4.69, 9.17) is 14.6 Å². The number of hydrogen-bond donors (Lipinski definition) is 0. The van der Waals surface area contributed by atoms with E-state index in [1.54, 1.807) is 6.07 Å². The second kappa shape index (κ2) is 4.51. The molecule has 0 bridgehead atoms. The predicted molar refractivity (Wildman–Crippen MR) is 68.4 cm³/mol. The van der Waals surface area contributed by atoms with Gasteiger partial charge in [-0.1, -0.05) is 6.07 Å². The van der Waals surface area contributed by atoms with Crippen molar-refractivity contribution in [3.05, 3.63) is 24.0 Å². The topological polar surface area (TPSA) is 51.5 Å². The fourth-order valence-corrected chi connectivity index (χ4v) is 1.77. The van der Waals surface area contributed by atoms with E-state index in [1.807, 2.05) is 27.7 Å². The second-order valence-corrected chi connectivity index (χ2v) is 5.47. The van der Waals surface area contributed by atoms with Gasteiger partial charge in [0.2, 0.25) is 0 Å². The van der Waals surface area contributed by atoms with Crippen LogP contribution in [-0.4, -0.2) is 18.3 Å². The minimum absolute atomic E-state index is 0.109. The van der Waals surface area contributed by atoms with Gasteiger partial charge in [-0.2, -0.15) is 0 Å². The highest BCUT2D eigenvalue weighted by molar-refractivity contribution is 6.62. The van der Waals surface area contributed by atoms with Gasteiger partial charge in [0.05, 0.1) is 11.2 Å². The lowest BCUT2D eigenvalue weighted by Crippen LogP contribution is -2.41. The van der Waals surface area contributed by atoms with E-state index in [0.717, 1.165) is 0 Å². The second-order valence-electron chi connectivity index (χ2n) is 5.47. The van der Waals surface area contributed by atoms with Crippen LogP contribution < -0.4 is 10.2 Å². The van der Waals surface area contributed by atoms with Crippen LogP contribution in [-0.2, 0) is 9.31 Å². The SMILES string of the molecule is CC1(C)OB(c2ccc(OC#N)c(F)c2)OC1(C)C. The summed E-state index contributed by atoms with van der Waals surface area (Å²) in [7, 11) is -0.629. The number of hydrogen-bond acceptors (Lipinski definition) is 4. The van der Waals surface area contributed by atoms with Crippen molar-refractivity contribution in [2.24, 2.45) is 0 Å². The molecule has 4 nitrogen and oxygen atoms in total. The van der Waals surface area contributed by atoms with Crippen molar-refractivity contribution in [3.63, 3.8) is 0 Å². The van der Waals surface area contributed by atoms with Gasteiger partial charge in [-0.25, -0.2) is 4.39 Å². The zero-order chi connectivity index (χ0) is 14.3. The molecule has 0 atom stereocenters. The Morgan fingerprint density at radius 2 is 1.79 bits per heavy atom. The van der Waals surface area contributed by atoms with E-state index in [1.165, 1.54) is 18.4 Å². The first-order valence-corrected chi connectivity index (χ1v) is 5.98. The molecule has 0 radical (unpaired) electrons. The van der Waals surface area contributed by atoms with Gasteiger partial charge in [0.25, 0.3) is 6.26 Å². The third-order valence-electron chi connectivity index (χ3n) is 3.64. The van der Waals surface area contributed by atoms with E-state index < -0.39 is 24.1 Å². The molecule has 1 aliphatic rings. The Bertz CT molecular complexity index is 523. The zero-order valence-corrected chi connectivity index (χ0v) is 11.4. The molecular formula is C13H15BFNO3. The van der Waals surface area contributed by atoms with Gasteiger partial charge < -0.3 is 14.0 Å². The molecule has 1 heterocycles. The molecule has 1 aromatic carbocycles. The molecule has 0 amide bonds. The van der Waals surface area contributed by atoms with Gasteiger partial charge in [0, 0.05) is 0 Å². The quantitative estimate of drug-likeness (QED) is 0.604. The first-order valence-electron chi connectivity index (χ1n) is 5.98. The van der Waals surface area contributed by atoms with E-state index >= 15 is 0 Å². The summed E-state index contributed by atoms with van der Waals surface area (Å²) in [6.45, 7) is 7.71. The summed E-state index contributed by atoms with van der Waals surface area (Å²) in [5.41, 5.74) is -0.396. The van der Waals surface area contributed by atoms with Crippen LogP contribution in [0.4, 0.5) is 4.39 Å². The van der Waals surface area contributed by atoms with Gasteiger partial charge in [0.1, 0.15) is 0 Å². The van der Waals surface area contributed by atoms with Crippen LogP contribution in [0, 0.1) is 17.3 Å². The summed E-state index contributed by atoms with van der Waals surface area (Å²) >= 11 is 0. The van der Waals surface area contributed by atoms with Gasteiger partial charge in [-0.05, 0) is 45.3 Å². The maximum absolute atomic E-state index is 13.7. The van der Waals surface area contributed by atoms with Gasteiger partial charge in [0.15, 0.2) is 11.6 Å². The largest absolute Gasteiger partial charge is 0.494 e. The van der Waals surface area contributed by atoms with Crippen molar-refractivity contribution in [2.45, 2.75) is 38.9 Å². The van der Waals surface area contributed by atoms with Crippen LogP contribution in [0.3, 0.4) is 0 Å². The monoisotopic (exact) mass is 263 g/mol. The van der Waals surface area contributed by atoms with Crippen LogP contribution in [0.2, 0.25) is 0 Å². The number of ether oxygens (including phenoxy) is 1. The standard InChI is InChI=1S/C13H15BFNO3/c1-12(2)13(3,4)19-14(18-12)9-5-6-11(17-8-16)10(15)7-9/h5-7H,1-4H3. The molecule has 0 saturated carbocycles. The smallest absolute Gasteiger partial charge is 0.399 e. The van der Waals surface area contributed by atoms with Crippen molar-refractivity contribution in [1.29, 1.82) is 5.26 Å². The summed E-state index contributed by atoms with van der Waals surface area (Å²) in [4.78, 5) is 0. The Labute approximate surface area is 112 Å². The minimum Gasteiger partial charge on any atom is -0.399 e. The lowest BCUT2D eigenvalue weighted by atomic mass is 9.79. The first kappa shape index (κ1) is 13.8. The number of nitrogens with zero attached hydrogens (tertiary/aromatic N) is 1. The molecule has 1 aromatic rings. The Kier molecular flexibility index (Phi) is 3.29. The molecule has 0 unspecified atom stereocenters. The first-order chi connectivity index (χ1) is 8.77. The molecule has 0 spiro atoms. The molecule has 1 fully saturated rings. The molecule has 100 valence electrons. The van der Waals surface area contributed by atoms with Crippen LogP contribution in [0.1, 0.15) is 27.7 Å². The lowest BCUT2D eigenvalue weighted by Gasteiger charge is -2.32. The number of rotatable bonds is 2. The molecule has 2 rings (SSSR count). The summed E-state index contributed by atoms with van der Waals surface area (Å²) in [5, 5.41) is 8.37. The fraction of sp³-hybridized carbons (Fsp3) is 0.462. The molecular weight excluding hydrogens is 248 g/mol. The van der Waals surface area contributed by atoms with Crippen molar-refractivity contribution < 1.29 is 18.4 Å². The van der Waals surface area contributed by atoms with Crippen LogP contribution >= 0.6 is 0 Å². The third kappa shape index (κ3) is 2.44. The normalized spacial score (nSPS) is 20.1. The maximum Gasteiger partial charge on any atom is 0.494 e. The van der Waals surface area contributed by atoms with Crippen molar-refractivity contribution >= 4 is 12.6 Å². The van der Waals surface area contributed by atoms with Crippen molar-refractivity contribution in [1.82, 2.24) is 0 Å². The molecule has 1 saturated heterocycles. The van der Waals surface area contributed by atoms with Gasteiger partial charge in [-0.3, -0.25) is 0 Å².